The summed E-state index contributed by atoms with van der Waals surface area (Å²) in [6.07, 6.45) is 3.07. The molecule has 118 valence electrons. The van der Waals surface area contributed by atoms with Crippen LogP contribution >= 0.6 is 0 Å². The Kier molecular flexibility index (Phi) is 6.50. The van der Waals surface area contributed by atoms with E-state index in [1.807, 2.05) is 0 Å². The third kappa shape index (κ3) is 5.43. The van der Waals surface area contributed by atoms with Crippen LogP contribution in [0.3, 0.4) is 0 Å². The molecule has 0 aliphatic carbocycles. The Morgan fingerprint density at radius 3 is 2.20 bits per heavy atom. The summed E-state index contributed by atoms with van der Waals surface area (Å²) < 4.78 is 0. The Labute approximate surface area is 125 Å². The second kappa shape index (κ2) is 7.44. The molecule has 1 N–H and O–H groups in total. The number of amides is 1. The van der Waals surface area contributed by atoms with E-state index in [9.17, 15) is 4.79 Å². The first-order valence-corrected chi connectivity index (χ1v) is 8.22. The Hall–Kier alpha value is -0.570. The molecule has 0 bridgehead atoms. The van der Waals surface area contributed by atoms with Gasteiger partial charge in [-0.15, -0.1) is 0 Å². The Bertz CT molecular complexity index is 301. The molecule has 1 aliphatic heterocycles. The monoisotopic (exact) mass is 282 g/mol. The molecule has 3 heteroatoms. The highest BCUT2D eigenvalue weighted by Crippen LogP contribution is 2.29. The van der Waals surface area contributed by atoms with Crippen LogP contribution in [-0.4, -0.2) is 36.5 Å². The van der Waals surface area contributed by atoms with Crippen molar-refractivity contribution in [2.45, 2.75) is 66.8 Å². The molecule has 1 saturated heterocycles. The summed E-state index contributed by atoms with van der Waals surface area (Å²) >= 11 is 0. The number of piperidine rings is 1. The fourth-order valence-electron chi connectivity index (χ4n) is 2.63. The molecule has 1 amide bonds. The van der Waals surface area contributed by atoms with Gasteiger partial charge in [0.05, 0.1) is 0 Å². The van der Waals surface area contributed by atoms with E-state index in [0.717, 1.165) is 19.6 Å². The van der Waals surface area contributed by atoms with E-state index in [4.69, 9.17) is 0 Å². The average molecular weight is 282 g/mol. The van der Waals surface area contributed by atoms with Crippen LogP contribution in [0, 0.1) is 17.3 Å². The second-order valence-electron chi connectivity index (χ2n) is 7.80. The smallest absolute Gasteiger partial charge is 0.223 e. The zero-order valence-electron chi connectivity index (χ0n) is 14.3. The van der Waals surface area contributed by atoms with Crippen LogP contribution in [-0.2, 0) is 4.79 Å². The maximum atomic E-state index is 12.6. The van der Waals surface area contributed by atoms with Crippen molar-refractivity contribution in [3.05, 3.63) is 0 Å². The largest absolute Gasteiger partial charge is 0.340 e. The van der Waals surface area contributed by atoms with Gasteiger partial charge < -0.3 is 10.2 Å². The molecule has 0 aromatic rings. The molecular weight excluding hydrogens is 248 g/mol. The van der Waals surface area contributed by atoms with Gasteiger partial charge in [0.2, 0.25) is 5.91 Å². The van der Waals surface area contributed by atoms with E-state index >= 15 is 0 Å². The van der Waals surface area contributed by atoms with Gasteiger partial charge in [0.1, 0.15) is 0 Å². The first-order valence-electron chi connectivity index (χ1n) is 8.22. The SMILES string of the molecule is CC(C)N(CC1CCNCC1)C(=O)CC(C)C(C)(C)C. The molecule has 20 heavy (non-hydrogen) atoms. The topological polar surface area (TPSA) is 32.3 Å². The molecule has 0 aromatic heterocycles. The number of carbonyl (C=O) groups is 1. The van der Waals surface area contributed by atoms with E-state index in [-0.39, 0.29) is 5.41 Å². The zero-order chi connectivity index (χ0) is 15.3. The van der Waals surface area contributed by atoms with Crippen LogP contribution in [0.5, 0.6) is 0 Å². The van der Waals surface area contributed by atoms with Crippen molar-refractivity contribution in [2.75, 3.05) is 19.6 Å². The van der Waals surface area contributed by atoms with Gasteiger partial charge in [0, 0.05) is 19.0 Å². The molecule has 3 nitrogen and oxygen atoms in total. The Balaban J connectivity index is 2.58. The molecule has 1 unspecified atom stereocenters. The maximum Gasteiger partial charge on any atom is 0.223 e. The van der Waals surface area contributed by atoms with E-state index in [2.05, 4.69) is 51.8 Å². The number of hydrogen-bond donors (Lipinski definition) is 1. The van der Waals surface area contributed by atoms with Crippen LogP contribution in [0.1, 0.15) is 60.8 Å². The lowest BCUT2D eigenvalue weighted by Gasteiger charge is -2.35. The lowest BCUT2D eigenvalue weighted by atomic mass is 9.80. The van der Waals surface area contributed by atoms with Crippen molar-refractivity contribution >= 4 is 5.91 Å². The van der Waals surface area contributed by atoms with Gasteiger partial charge in [-0.1, -0.05) is 27.7 Å². The standard InChI is InChI=1S/C17H34N2O/c1-13(2)19(12-15-7-9-18-10-8-15)16(20)11-14(3)17(4,5)6/h13-15,18H,7-12H2,1-6H3. The van der Waals surface area contributed by atoms with E-state index in [1.165, 1.54) is 12.8 Å². The molecular formula is C17H34N2O. The molecule has 1 fully saturated rings. The first kappa shape index (κ1) is 17.5. The van der Waals surface area contributed by atoms with Crippen molar-refractivity contribution < 1.29 is 4.79 Å². The molecule has 1 aliphatic rings. The summed E-state index contributed by atoms with van der Waals surface area (Å²) in [5, 5.41) is 3.40. The Morgan fingerprint density at radius 1 is 1.20 bits per heavy atom. The summed E-state index contributed by atoms with van der Waals surface area (Å²) in [4.78, 5) is 14.7. The fourth-order valence-corrected chi connectivity index (χ4v) is 2.63. The molecule has 0 spiro atoms. The number of carbonyl (C=O) groups excluding carboxylic acids is 1. The quantitative estimate of drug-likeness (QED) is 0.839. The minimum atomic E-state index is 0.201. The molecule has 1 rings (SSSR count). The predicted molar refractivity (Wildman–Crippen MR) is 85.7 cm³/mol. The molecule has 0 radical (unpaired) electrons. The molecule has 1 atom stereocenters. The summed E-state index contributed by atoms with van der Waals surface area (Å²) in [6, 6.07) is 0.310. The highest BCUT2D eigenvalue weighted by atomic mass is 16.2. The van der Waals surface area contributed by atoms with Crippen molar-refractivity contribution in [1.29, 1.82) is 0 Å². The van der Waals surface area contributed by atoms with Gasteiger partial charge in [-0.3, -0.25) is 4.79 Å². The van der Waals surface area contributed by atoms with Crippen molar-refractivity contribution in [3.8, 4) is 0 Å². The van der Waals surface area contributed by atoms with Crippen LogP contribution in [0.2, 0.25) is 0 Å². The minimum Gasteiger partial charge on any atom is -0.340 e. The highest BCUT2D eigenvalue weighted by molar-refractivity contribution is 5.76. The molecule has 0 aromatic carbocycles. The van der Waals surface area contributed by atoms with E-state index in [0.29, 0.717) is 30.2 Å². The normalized spacial score (nSPS) is 19.1. The third-order valence-electron chi connectivity index (χ3n) is 4.82. The number of rotatable bonds is 5. The number of hydrogen-bond acceptors (Lipinski definition) is 2. The third-order valence-corrected chi connectivity index (χ3v) is 4.82. The van der Waals surface area contributed by atoms with Crippen LogP contribution < -0.4 is 5.32 Å². The lowest BCUT2D eigenvalue weighted by Crippen LogP contribution is -2.44. The summed E-state index contributed by atoms with van der Waals surface area (Å²) in [6.45, 7) is 16.3. The highest BCUT2D eigenvalue weighted by Gasteiger charge is 2.27. The molecule has 1 heterocycles. The van der Waals surface area contributed by atoms with Gasteiger partial charge in [-0.2, -0.15) is 0 Å². The second-order valence-corrected chi connectivity index (χ2v) is 7.80. The van der Waals surface area contributed by atoms with Gasteiger partial charge in [-0.05, 0) is 57.0 Å². The maximum absolute atomic E-state index is 12.6. The minimum absolute atomic E-state index is 0.201. The summed E-state index contributed by atoms with van der Waals surface area (Å²) in [5.41, 5.74) is 0.201. The zero-order valence-corrected chi connectivity index (χ0v) is 14.3. The lowest BCUT2D eigenvalue weighted by molar-refractivity contribution is -0.135. The van der Waals surface area contributed by atoms with Gasteiger partial charge >= 0.3 is 0 Å². The van der Waals surface area contributed by atoms with Gasteiger partial charge in [-0.25, -0.2) is 0 Å². The molecule has 0 saturated carbocycles. The number of nitrogens with one attached hydrogen (secondary N) is 1. The van der Waals surface area contributed by atoms with E-state index < -0.39 is 0 Å². The predicted octanol–water partition coefficient (Wildman–Crippen LogP) is 3.30. The van der Waals surface area contributed by atoms with Crippen LogP contribution in [0.15, 0.2) is 0 Å². The van der Waals surface area contributed by atoms with Crippen LogP contribution in [0.25, 0.3) is 0 Å². The van der Waals surface area contributed by atoms with Crippen molar-refractivity contribution in [3.63, 3.8) is 0 Å². The van der Waals surface area contributed by atoms with Crippen molar-refractivity contribution in [1.82, 2.24) is 10.2 Å². The average Bonchev–Trinajstić information content (AvgIpc) is 2.35. The van der Waals surface area contributed by atoms with Gasteiger partial charge in [0.15, 0.2) is 0 Å². The van der Waals surface area contributed by atoms with Gasteiger partial charge in [0.25, 0.3) is 0 Å². The fraction of sp³-hybridized carbons (Fsp3) is 0.941. The first-order chi connectivity index (χ1) is 9.21. The summed E-state index contributed by atoms with van der Waals surface area (Å²) in [5.74, 6) is 1.43. The summed E-state index contributed by atoms with van der Waals surface area (Å²) in [7, 11) is 0. The Morgan fingerprint density at radius 2 is 1.75 bits per heavy atom. The van der Waals surface area contributed by atoms with Crippen LogP contribution in [0.4, 0.5) is 0 Å². The van der Waals surface area contributed by atoms with Crippen molar-refractivity contribution in [2.24, 2.45) is 17.3 Å². The van der Waals surface area contributed by atoms with E-state index in [1.54, 1.807) is 0 Å². The number of nitrogens with zero attached hydrogens (tertiary/aromatic N) is 1.